The first-order valence-electron chi connectivity index (χ1n) is 41.6. The molecular weight excluding hydrogens is 1720 g/mol. The number of rotatable bonds is 27. The highest BCUT2D eigenvalue weighted by Crippen LogP contribution is 2.57. The Labute approximate surface area is 751 Å². The summed E-state index contributed by atoms with van der Waals surface area (Å²) in [5, 5.41) is 76.1. The number of aliphatic carboxylic acids is 1. The van der Waals surface area contributed by atoms with E-state index in [4.69, 9.17) is 33.2 Å². The quantitative estimate of drug-likeness (QED) is 0.0197. The maximum absolute atomic E-state index is 15.3. The number of phenols is 2. The zero-order valence-electron chi connectivity index (χ0n) is 70.2. The van der Waals surface area contributed by atoms with Crippen molar-refractivity contribution in [1.82, 2.24) is 78.8 Å². The zero-order valence-corrected chi connectivity index (χ0v) is 71.0. The Bertz CT molecular complexity index is 5840. The number of fused-ring (bicyclic) bond motifs is 9. The van der Waals surface area contributed by atoms with Gasteiger partial charge in [-0.2, -0.15) is 0 Å². The molecule has 1 spiro atoms. The third-order valence-corrected chi connectivity index (χ3v) is 22.1. The van der Waals surface area contributed by atoms with Gasteiger partial charge in [0.05, 0.1) is 36.0 Å². The number of primary amides is 2. The first-order valence-corrected chi connectivity index (χ1v) is 42.0. The summed E-state index contributed by atoms with van der Waals surface area (Å²) in [6.45, 7) is 0.510. The van der Waals surface area contributed by atoms with Crippen molar-refractivity contribution in [1.29, 1.82) is 0 Å². The number of benzene rings is 7. The number of amides is 13. The van der Waals surface area contributed by atoms with Crippen molar-refractivity contribution < 1.29 is 107 Å². The molecule has 0 radical (unpaired) electrons. The van der Waals surface area contributed by atoms with Crippen molar-refractivity contribution >= 4 is 129 Å². The summed E-state index contributed by atoms with van der Waals surface area (Å²) in [5.41, 5.74) is 11.9. The number of nitrogens with one attached hydrogen (secondary N) is 15. The van der Waals surface area contributed by atoms with E-state index >= 15 is 28.8 Å². The average molecular weight is 1810 g/mol. The van der Waals surface area contributed by atoms with Gasteiger partial charge < -0.3 is 120 Å². The number of carbonyl (C=O) groups excluding carboxylic acids is 14. The number of aromatic nitrogens is 3. The third-order valence-electron chi connectivity index (χ3n) is 21.8. The molecule has 12 rings (SSSR count). The highest BCUT2D eigenvalue weighted by molar-refractivity contribution is 7.80. The van der Waals surface area contributed by atoms with Gasteiger partial charge in [0, 0.05) is 121 Å². The van der Waals surface area contributed by atoms with Crippen LogP contribution in [0.2, 0.25) is 0 Å². The number of phenolic OH excluding ortho intramolecular Hbond substituents is 2. The molecule has 682 valence electrons. The molecule has 0 aliphatic carbocycles. The summed E-state index contributed by atoms with van der Waals surface area (Å²) in [4.78, 5) is 238. The summed E-state index contributed by atoms with van der Waals surface area (Å²) < 4.78 is 12.3. The summed E-state index contributed by atoms with van der Waals surface area (Å²) in [6.07, 6.45) is 0.403. The number of imidazole rings is 1. The van der Waals surface area contributed by atoms with Crippen LogP contribution >= 0.6 is 12.2 Å². The molecule has 40 nitrogen and oxygen atoms in total. The SMILES string of the molecule is CC(=O)NCCCC[C@@H]1NC(=O)[C@H](CC(=O)O)NC(=O)[C@@H](Cc2ccccc2)NC(=O)[C@H](Cc2c[nH]c3ccccc23)NC(=O)c2cc(C(=O)O)cc(c2)C(=O)NC[C@@H](C(=O)N[C@@H](CCCCNC(=S)Nc2ccc3c(c2)C(=O)OC32c3ccc(O)cc3Oc3cc(O)ccc32)C(N)=O)NC(=O)[C@H](Cc2c[nH]cn2)NC(=O)[C@@H](CC(N)=O)NC(=O)[C@@H](Cc2ccccc2)NC1=O. The van der Waals surface area contributed by atoms with Crippen LogP contribution in [0.25, 0.3) is 10.9 Å². The zero-order chi connectivity index (χ0) is 93.7. The van der Waals surface area contributed by atoms with Crippen LogP contribution in [-0.4, -0.2) is 209 Å². The van der Waals surface area contributed by atoms with Gasteiger partial charge >= 0.3 is 17.9 Å². The first kappa shape index (κ1) is 94.0. The standard InChI is InChI=1S/C90H94N18O22S/c1-46(109)94-28-12-11-21-64-79(118)103-65(30-47-14-4-2-5-15-47)80(119)106-69(40-74(91)112)84(123)105-68(37-54-43-93-45-98-54)83(122)108-71(86(125)100-63(76(92)115)20-10-13-29-95-89(131)99-53-22-25-59-58(36-53)88(128)130-90(59)60-26-23-55(110)38-72(60)129-73-39-56(111)24-27-61(73)90)44-97-77(116)49-32-50(34-51(33-49)87(126)127)78(117)102-67(35-52-42-96-62-19-9-8-18-57(52)62)82(121)104-66(31-48-16-6-3-7-17-48)81(120)107-70(41-75(113)114)85(124)101-64/h2-9,14-19,22-27,32-34,36,38-39,42-43,45,63-71,96,110-111H,10-13,20-21,28-31,35,37,40-41,44H2,1H3,(H2,91,112)(H2,92,115)(H,93,98)(H,94,109)(H,97,116)(H,100,125)(H,101,124)(H,102,117)(H,103,118)(H,104,121)(H,105,123)(H,106,119)(H,107,120)(H,108,122)(H,113,114)(H,126,127)(H2,95,99,131)/t63-,64-,65+,66+,67-,68-,69+,70-,71-/m0/s1. The number of unbranched alkanes of at least 4 members (excludes halogenated alkanes) is 2. The van der Waals surface area contributed by atoms with Gasteiger partial charge in [-0.3, -0.25) is 67.1 Å². The third kappa shape index (κ3) is 24.4. The Kier molecular flexibility index (Phi) is 30.8. The summed E-state index contributed by atoms with van der Waals surface area (Å²) in [5.74, 6) is -18.6. The van der Waals surface area contributed by atoms with Gasteiger partial charge in [-0.1, -0.05) is 84.9 Å². The number of para-hydroxylation sites is 1. The number of H-pyrrole nitrogens is 2. The lowest BCUT2D eigenvalue weighted by Crippen LogP contribution is -2.62. The Hall–Kier alpha value is -16.1. The van der Waals surface area contributed by atoms with E-state index in [1.165, 1.54) is 49.8 Å². The lowest BCUT2D eigenvalue weighted by molar-refractivity contribution is -0.141. The van der Waals surface area contributed by atoms with Crippen LogP contribution in [0.4, 0.5) is 5.69 Å². The molecule has 13 amide bonds. The van der Waals surface area contributed by atoms with Crippen molar-refractivity contribution in [2.24, 2.45) is 11.5 Å². The fraction of sp³-hybridized carbons (Fsp3) is 0.289. The Balaban J connectivity index is 0.849. The number of carboxylic acid groups (broad SMARTS) is 2. The Morgan fingerprint density at radius 1 is 0.550 bits per heavy atom. The van der Waals surface area contributed by atoms with Gasteiger partial charge in [-0.05, 0) is 128 Å². The molecule has 0 saturated carbocycles. The lowest BCUT2D eigenvalue weighted by atomic mass is 9.77. The lowest BCUT2D eigenvalue weighted by Gasteiger charge is -2.36. The number of aromatic carboxylic acids is 1. The molecule has 2 aromatic heterocycles. The van der Waals surface area contributed by atoms with Gasteiger partial charge in [0.25, 0.3) is 11.8 Å². The number of anilines is 1. The van der Waals surface area contributed by atoms with Gasteiger partial charge in [0.1, 0.15) is 77.4 Å². The fourth-order valence-corrected chi connectivity index (χ4v) is 15.5. The van der Waals surface area contributed by atoms with E-state index < -0.39 is 197 Å². The molecule has 9 aromatic rings. The predicted molar refractivity (Wildman–Crippen MR) is 471 cm³/mol. The number of carboxylic acids is 2. The van der Waals surface area contributed by atoms with E-state index in [0.717, 1.165) is 18.2 Å². The number of aromatic hydroxyl groups is 2. The number of hydrogen-bond acceptors (Lipinski definition) is 22. The summed E-state index contributed by atoms with van der Waals surface area (Å²) >= 11 is 5.64. The minimum Gasteiger partial charge on any atom is -0.508 e. The van der Waals surface area contributed by atoms with Crippen molar-refractivity contribution in [2.75, 3.05) is 25.0 Å². The molecule has 0 unspecified atom stereocenters. The highest BCUT2D eigenvalue weighted by Gasteiger charge is 2.54. The monoisotopic (exact) mass is 1810 g/mol. The van der Waals surface area contributed by atoms with Crippen LogP contribution in [0.1, 0.15) is 139 Å². The molecular formula is C90H94N18O22S. The maximum Gasteiger partial charge on any atom is 0.340 e. The van der Waals surface area contributed by atoms with Crippen LogP contribution in [0.5, 0.6) is 23.0 Å². The predicted octanol–water partition coefficient (Wildman–Crippen LogP) is 1.56. The minimum atomic E-state index is -2.05. The van der Waals surface area contributed by atoms with Crippen LogP contribution in [0.15, 0.2) is 176 Å². The van der Waals surface area contributed by atoms with Crippen LogP contribution in [-0.2, 0) is 93.6 Å². The Morgan fingerprint density at radius 3 is 1.67 bits per heavy atom. The van der Waals surface area contributed by atoms with Gasteiger partial charge in [0.2, 0.25) is 65.0 Å². The van der Waals surface area contributed by atoms with Gasteiger partial charge in [-0.25, -0.2) is 14.6 Å². The molecule has 41 heteroatoms. The second-order valence-electron chi connectivity index (χ2n) is 31.4. The van der Waals surface area contributed by atoms with Crippen molar-refractivity contribution in [3.63, 3.8) is 0 Å². The van der Waals surface area contributed by atoms with Crippen LogP contribution in [0.3, 0.4) is 0 Å². The number of esters is 1. The molecule has 0 saturated heterocycles. The van der Waals surface area contributed by atoms with Crippen molar-refractivity contribution in [2.45, 2.75) is 144 Å². The first-order chi connectivity index (χ1) is 62.7. The minimum absolute atomic E-state index is 0.0518. The number of hydrogen-bond donors (Lipinski definition) is 21. The van der Waals surface area contributed by atoms with E-state index in [-0.39, 0.29) is 110 Å². The second kappa shape index (κ2) is 42.9. The molecule has 131 heavy (non-hydrogen) atoms. The number of carbonyl (C=O) groups is 16. The van der Waals surface area contributed by atoms with Crippen LogP contribution in [0, 0.1) is 0 Å². The fourth-order valence-electron chi connectivity index (χ4n) is 15.3. The molecule has 9 atom stereocenters. The summed E-state index contributed by atoms with van der Waals surface area (Å²) in [6, 6.07) is 22.6. The largest absolute Gasteiger partial charge is 0.508 e. The molecule has 3 aliphatic heterocycles. The Morgan fingerprint density at radius 2 is 1.08 bits per heavy atom. The van der Waals surface area contributed by atoms with E-state index in [9.17, 15) is 68.4 Å². The molecule has 3 aliphatic rings. The van der Waals surface area contributed by atoms with Gasteiger partial charge in [-0.15, -0.1) is 0 Å². The van der Waals surface area contributed by atoms with E-state index in [2.05, 4.69) is 84.1 Å². The van der Waals surface area contributed by atoms with E-state index in [1.54, 1.807) is 115 Å². The van der Waals surface area contributed by atoms with Gasteiger partial charge in [0.15, 0.2) is 10.7 Å². The van der Waals surface area contributed by atoms with Crippen molar-refractivity contribution in [3.8, 4) is 23.0 Å². The summed E-state index contributed by atoms with van der Waals surface area (Å²) in [7, 11) is 0. The average Bonchev–Trinajstić information content (AvgIpc) is 1.56. The topological polar surface area (TPSA) is 625 Å². The maximum atomic E-state index is 15.3. The highest BCUT2D eigenvalue weighted by atomic mass is 32.1. The second-order valence-corrected chi connectivity index (χ2v) is 31.8. The molecule has 2 bridgehead atoms. The molecule has 5 heterocycles. The number of thiocarbonyl (C=S) groups is 1. The van der Waals surface area contributed by atoms with E-state index in [0.29, 0.717) is 50.0 Å². The molecule has 7 aromatic carbocycles. The molecule has 23 N–H and O–H groups in total. The number of aromatic amines is 2. The van der Waals surface area contributed by atoms with E-state index in [1.807, 2.05) is 0 Å². The smallest absolute Gasteiger partial charge is 0.340 e. The number of nitrogens with zero attached hydrogens (tertiary/aromatic N) is 1. The number of ether oxygens (including phenoxy) is 2. The normalized spacial score (nSPS) is 19.3. The van der Waals surface area contributed by atoms with Crippen molar-refractivity contribution in [3.05, 3.63) is 238 Å². The molecule has 0 fully saturated rings. The van der Waals surface area contributed by atoms with Crippen LogP contribution < -0.4 is 85.3 Å². The number of nitrogens with two attached hydrogens (primary N) is 2.